The first-order valence-electron chi connectivity index (χ1n) is 9.81. The van der Waals surface area contributed by atoms with Gasteiger partial charge in [-0.3, -0.25) is 18.3 Å². The van der Waals surface area contributed by atoms with Crippen LogP contribution in [0.15, 0.2) is 27.8 Å². The molecule has 0 N–H and O–H groups in total. The van der Waals surface area contributed by atoms with Crippen LogP contribution >= 0.6 is 11.6 Å². The number of aromatic nitrogens is 5. The molecule has 9 heteroatoms. The third-order valence-electron chi connectivity index (χ3n) is 5.97. The molecule has 0 bridgehead atoms. The SMILES string of the molecule is CC[C@H](C)n1c(C)c(C)n2c3c(=O)n(Cc4c(F)cccc4Cl)c(=O)n(C)c3nc12. The Morgan fingerprint density at radius 2 is 1.90 bits per heavy atom. The van der Waals surface area contributed by atoms with Crippen molar-refractivity contribution in [1.29, 1.82) is 0 Å². The van der Waals surface area contributed by atoms with Gasteiger partial charge in [-0.2, -0.15) is 4.98 Å². The maximum absolute atomic E-state index is 14.3. The van der Waals surface area contributed by atoms with E-state index >= 15 is 0 Å². The van der Waals surface area contributed by atoms with Gasteiger partial charge in [-0.25, -0.2) is 9.18 Å². The number of rotatable bonds is 4. The molecule has 1 atom stereocenters. The van der Waals surface area contributed by atoms with Gasteiger partial charge in [0.15, 0.2) is 11.2 Å². The molecule has 0 saturated heterocycles. The van der Waals surface area contributed by atoms with E-state index in [1.165, 1.54) is 22.8 Å². The summed E-state index contributed by atoms with van der Waals surface area (Å²) in [5, 5.41) is 0.164. The van der Waals surface area contributed by atoms with E-state index in [9.17, 15) is 14.0 Å². The van der Waals surface area contributed by atoms with E-state index in [2.05, 4.69) is 23.4 Å². The van der Waals surface area contributed by atoms with Gasteiger partial charge in [0.25, 0.3) is 5.56 Å². The molecule has 0 amide bonds. The number of aryl methyl sites for hydroxylation is 2. The van der Waals surface area contributed by atoms with E-state index in [-0.39, 0.29) is 23.2 Å². The molecule has 0 aliphatic carbocycles. The minimum atomic E-state index is -0.572. The lowest BCUT2D eigenvalue weighted by Crippen LogP contribution is -2.40. The summed E-state index contributed by atoms with van der Waals surface area (Å²) in [4.78, 5) is 31.0. The molecular formula is C21H23ClFN5O2. The fourth-order valence-electron chi connectivity index (χ4n) is 3.97. The summed E-state index contributed by atoms with van der Waals surface area (Å²) in [6.07, 6.45) is 0.892. The highest BCUT2D eigenvalue weighted by Gasteiger charge is 2.24. The van der Waals surface area contributed by atoms with Gasteiger partial charge in [-0.1, -0.05) is 24.6 Å². The first-order valence-corrected chi connectivity index (χ1v) is 10.2. The van der Waals surface area contributed by atoms with Crippen molar-refractivity contribution in [3.63, 3.8) is 0 Å². The molecule has 30 heavy (non-hydrogen) atoms. The second-order valence-electron chi connectivity index (χ2n) is 7.65. The smallest absolute Gasteiger partial charge is 0.311 e. The van der Waals surface area contributed by atoms with Gasteiger partial charge in [0.05, 0.1) is 6.54 Å². The van der Waals surface area contributed by atoms with Crippen molar-refractivity contribution < 1.29 is 4.39 Å². The highest BCUT2D eigenvalue weighted by atomic mass is 35.5. The lowest BCUT2D eigenvalue weighted by Gasteiger charge is -2.13. The van der Waals surface area contributed by atoms with Crippen LogP contribution in [0.5, 0.6) is 0 Å². The largest absolute Gasteiger partial charge is 0.332 e. The van der Waals surface area contributed by atoms with E-state index in [1.807, 2.05) is 13.8 Å². The number of benzene rings is 1. The molecule has 4 rings (SSSR count). The van der Waals surface area contributed by atoms with Crippen molar-refractivity contribution in [3.05, 3.63) is 66.8 Å². The van der Waals surface area contributed by atoms with Crippen LogP contribution in [0.1, 0.15) is 43.3 Å². The first-order chi connectivity index (χ1) is 14.2. The van der Waals surface area contributed by atoms with Crippen molar-refractivity contribution in [2.75, 3.05) is 0 Å². The summed E-state index contributed by atoms with van der Waals surface area (Å²) in [5.41, 5.74) is 1.48. The van der Waals surface area contributed by atoms with Crippen LogP contribution in [0.2, 0.25) is 5.02 Å². The van der Waals surface area contributed by atoms with Gasteiger partial charge in [0.2, 0.25) is 5.78 Å². The van der Waals surface area contributed by atoms with Crippen molar-refractivity contribution in [2.45, 2.75) is 46.7 Å². The van der Waals surface area contributed by atoms with Crippen molar-refractivity contribution in [2.24, 2.45) is 7.05 Å². The van der Waals surface area contributed by atoms with Crippen LogP contribution in [-0.2, 0) is 13.6 Å². The van der Waals surface area contributed by atoms with Gasteiger partial charge in [-0.05, 0) is 39.3 Å². The topological polar surface area (TPSA) is 66.2 Å². The van der Waals surface area contributed by atoms with Crippen molar-refractivity contribution in [3.8, 4) is 0 Å². The zero-order valence-corrected chi connectivity index (χ0v) is 18.3. The number of imidazole rings is 2. The second kappa shape index (κ2) is 7.12. The Kier molecular flexibility index (Phi) is 4.85. The second-order valence-corrected chi connectivity index (χ2v) is 8.06. The predicted molar refractivity (Wildman–Crippen MR) is 115 cm³/mol. The Labute approximate surface area is 176 Å². The van der Waals surface area contributed by atoms with E-state index < -0.39 is 17.1 Å². The third-order valence-corrected chi connectivity index (χ3v) is 6.32. The highest BCUT2D eigenvalue weighted by Crippen LogP contribution is 2.26. The molecule has 0 unspecified atom stereocenters. The van der Waals surface area contributed by atoms with E-state index in [0.717, 1.165) is 22.4 Å². The number of halogens is 2. The molecule has 0 saturated carbocycles. The first kappa shape index (κ1) is 20.4. The quantitative estimate of drug-likeness (QED) is 0.496. The lowest BCUT2D eigenvalue weighted by atomic mass is 10.2. The molecule has 158 valence electrons. The number of hydrogen-bond donors (Lipinski definition) is 0. The third kappa shape index (κ3) is 2.74. The zero-order valence-electron chi connectivity index (χ0n) is 17.5. The highest BCUT2D eigenvalue weighted by molar-refractivity contribution is 6.31. The molecule has 0 fully saturated rings. The maximum atomic E-state index is 14.3. The Morgan fingerprint density at radius 3 is 2.53 bits per heavy atom. The predicted octanol–water partition coefficient (Wildman–Crippen LogP) is 3.58. The summed E-state index contributed by atoms with van der Waals surface area (Å²) in [6.45, 7) is 7.82. The molecule has 1 aromatic carbocycles. The van der Waals surface area contributed by atoms with Gasteiger partial charge in [0, 0.05) is 35.1 Å². The molecule has 4 aromatic rings. The van der Waals surface area contributed by atoms with E-state index in [0.29, 0.717) is 16.9 Å². The minimum absolute atomic E-state index is 0.101. The maximum Gasteiger partial charge on any atom is 0.332 e. The molecule has 0 aliphatic heterocycles. The van der Waals surface area contributed by atoms with Crippen LogP contribution < -0.4 is 11.2 Å². The summed E-state index contributed by atoms with van der Waals surface area (Å²) in [5.74, 6) is 0.0491. The van der Waals surface area contributed by atoms with Gasteiger partial charge < -0.3 is 4.57 Å². The normalized spacial score (nSPS) is 12.9. The summed E-state index contributed by atoms with van der Waals surface area (Å²) < 4.78 is 20.5. The van der Waals surface area contributed by atoms with Crippen LogP contribution in [0.4, 0.5) is 4.39 Å². The van der Waals surface area contributed by atoms with Gasteiger partial charge in [-0.15, -0.1) is 0 Å². The van der Waals surface area contributed by atoms with E-state index in [1.54, 1.807) is 11.4 Å². The molecule has 0 radical (unpaired) electrons. The van der Waals surface area contributed by atoms with Crippen LogP contribution in [0.25, 0.3) is 16.9 Å². The molecule has 7 nitrogen and oxygen atoms in total. The zero-order chi connectivity index (χ0) is 21.9. The number of nitrogens with zero attached hydrogens (tertiary/aromatic N) is 5. The number of hydrogen-bond acceptors (Lipinski definition) is 3. The Balaban J connectivity index is 2.09. The van der Waals surface area contributed by atoms with Crippen LogP contribution in [-0.4, -0.2) is 23.1 Å². The lowest BCUT2D eigenvalue weighted by molar-refractivity contribution is 0.532. The molecule has 0 aliphatic rings. The molecule has 0 spiro atoms. The van der Waals surface area contributed by atoms with Crippen molar-refractivity contribution >= 4 is 28.5 Å². The summed E-state index contributed by atoms with van der Waals surface area (Å²) >= 11 is 6.13. The number of fused-ring (bicyclic) bond motifs is 3. The van der Waals surface area contributed by atoms with Crippen LogP contribution in [0, 0.1) is 19.7 Å². The molecular weight excluding hydrogens is 409 g/mol. The molecule has 3 heterocycles. The fraction of sp³-hybridized carbons (Fsp3) is 0.381. The standard InChI is InChI=1S/C21H23ClFN5O2/c1-6-11(2)27-12(3)13(4)28-17-18(24-20(27)28)25(5)21(30)26(19(17)29)10-14-15(22)8-7-9-16(14)23/h7-9,11H,6,10H2,1-5H3/t11-/m0/s1. The molecule has 3 aromatic heterocycles. The van der Waals surface area contributed by atoms with Gasteiger partial charge in [0.1, 0.15) is 5.82 Å². The summed E-state index contributed by atoms with van der Waals surface area (Å²) in [7, 11) is 1.56. The van der Waals surface area contributed by atoms with E-state index in [4.69, 9.17) is 11.6 Å². The Morgan fingerprint density at radius 1 is 1.20 bits per heavy atom. The van der Waals surface area contributed by atoms with Gasteiger partial charge >= 0.3 is 5.69 Å². The Hall–Kier alpha value is -2.87. The Bertz CT molecular complexity index is 1410. The average Bonchev–Trinajstić information content (AvgIpc) is 3.21. The fourth-order valence-corrected chi connectivity index (χ4v) is 4.19. The monoisotopic (exact) mass is 431 g/mol. The van der Waals surface area contributed by atoms with Crippen molar-refractivity contribution in [1.82, 2.24) is 23.1 Å². The summed E-state index contributed by atoms with van der Waals surface area (Å²) in [6, 6.07) is 4.45. The van der Waals surface area contributed by atoms with Crippen LogP contribution in [0.3, 0.4) is 0 Å². The minimum Gasteiger partial charge on any atom is -0.311 e. The average molecular weight is 432 g/mol.